The standard InChI is InChI=1S/C28H36N4O4/c1-17-6-7-18(13-23(17)26(30)31)14-24(28(35)36-2)25(16-33)32-27(34)21-10-8-20(9-11-21)22-5-3-4-19(12-22)15-29/h3-13,17,23-25,27,32-34H,14-16,29H2,1-2H3,(H3,30,31). The number of nitrogens with one attached hydrogen (secondary N) is 2. The summed E-state index contributed by atoms with van der Waals surface area (Å²) in [5, 5.41) is 31.8. The Kier molecular flexibility index (Phi) is 9.55. The third-order valence-corrected chi connectivity index (χ3v) is 6.67. The number of rotatable bonds is 11. The molecule has 8 N–H and O–H groups in total. The molecule has 36 heavy (non-hydrogen) atoms. The summed E-state index contributed by atoms with van der Waals surface area (Å²) < 4.78 is 5.00. The lowest BCUT2D eigenvalue weighted by Crippen LogP contribution is -2.45. The number of aliphatic hydroxyl groups is 2. The van der Waals surface area contributed by atoms with E-state index in [1.165, 1.54) is 7.11 Å². The van der Waals surface area contributed by atoms with Crippen molar-refractivity contribution >= 4 is 11.8 Å². The van der Waals surface area contributed by atoms with E-state index < -0.39 is 24.2 Å². The summed E-state index contributed by atoms with van der Waals surface area (Å²) in [4.78, 5) is 12.7. The molecular weight excluding hydrogens is 456 g/mol. The monoisotopic (exact) mass is 492 g/mol. The second-order valence-electron chi connectivity index (χ2n) is 9.16. The van der Waals surface area contributed by atoms with E-state index in [0.717, 1.165) is 22.3 Å². The first-order valence-electron chi connectivity index (χ1n) is 12.0. The van der Waals surface area contributed by atoms with Gasteiger partial charge in [-0.1, -0.05) is 73.2 Å². The molecule has 3 rings (SSSR count). The molecule has 0 fully saturated rings. The van der Waals surface area contributed by atoms with Crippen LogP contribution in [0.25, 0.3) is 11.1 Å². The van der Waals surface area contributed by atoms with Crippen LogP contribution >= 0.6 is 0 Å². The summed E-state index contributed by atoms with van der Waals surface area (Å²) in [6.07, 6.45) is 4.90. The van der Waals surface area contributed by atoms with Gasteiger partial charge in [-0.15, -0.1) is 0 Å². The van der Waals surface area contributed by atoms with E-state index in [1.807, 2.05) is 61.5 Å². The highest BCUT2D eigenvalue weighted by Crippen LogP contribution is 2.29. The second kappa shape index (κ2) is 12.6. The lowest BCUT2D eigenvalue weighted by molar-refractivity contribution is -0.147. The average Bonchev–Trinajstić information content (AvgIpc) is 2.90. The number of carbonyl (C=O) groups excluding carboxylic acids is 1. The summed E-state index contributed by atoms with van der Waals surface area (Å²) in [6, 6.07) is 14.6. The lowest BCUT2D eigenvalue weighted by Gasteiger charge is -2.29. The molecule has 0 saturated heterocycles. The first kappa shape index (κ1) is 27.3. The van der Waals surface area contributed by atoms with Crippen molar-refractivity contribution in [3.05, 3.63) is 83.5 Å². The molecule has 2 aromatic carbocycles. The van der Waals surface area contributed by atoms with E-state index in [-0.39, 0.29) is 30.7 Å². The van der Waals surface area contributed by atoms with Crippen LogP contribution in [0.5, 0.6) is 0 Å². The maximum absolute atomic E-state index is 12.7. The van der Waals surface area contributed by atoms with E-state index >= 15 is 0 Å². The molecule has 5 atom stereocenters. The van der Waals surface area contributed by atoms with Gasteiger partial charge in [-0.2, -0.15) is 0 Å². The fourth-order valence-corrected chi connectivity index (χ4v) is 4.47. The predicted molar refractivity (Wildman–Crippen MR) is 141 cm³/mol. The van der Waals surface area contributed by atoms with Crippen LogP contribution < -0.4 is 16.8 Å². The minimum atomic E-state index is -1.11. The first-order chi connectivity index (χ1) is 17.3. The molecule has 0 aromatic heterocycles. The number of methoxy groups -OCH3 is 1. The van der Waals surface area contributed by atoms with Gasteiger partial charge in [0.1, 0.15) is 6.23 Å². The van der Waals surface area contributed by atoms with Crippen molar-refractivity contribution in [3.63, 3.8) is 0 Å². The fourth-order valence-electron chi connectivity index (χ4n) is 4.47. The van der Waals surface area contributed by atoms with Gasteiger partial charge in [-0.3, -0.25) is 15.5 Å². The van der Waals surface area contributed by atoms with Crippen LogP contribution in [0.2, 0.25) is 0 Å². The average molecular weight is 493 g/mol. The third kappa shape index (κ3) is 6.67. The number of benzene rings is 2. The molecular formula is C28H36N4O4. The van der Waals surface area contributed by atoms with Crippen molar-refractivity contribution in [1.82, 2.24) is 5.32 Å². The quantitative estimate of drug-likeness (QED) is 0.122. The second-order valence-corrected chi connectivity index (χ2v) is 9.16. The highest BCUT2D eigenvalue weighted by molar-refractivity contribution is 5.82. The van der Waals surface area contributed by atoms with Crippen molar-refractivity contribution in [3.8, 4) is 11.1 Å². The van der Waals surface area contributed by atoms with Crippen LogP contribution in [-0.4, -0.2) is 41.8 Å². The zero-order valence-electron chi connectivity index (χ0n) is 20.7. The van der Waals surface area contributed by atoms with E-state index in [1.54, 1.807) is 12.1 Å². The Morgan fingerprint density at radius 2 is 1.92 bits per heavy atom. The number of ether oxygens (including phenoxy) is 1. The van der Waals surface area contributed by atoms with Gasteiger partial charge in [-0.05, 0) is 40.7 Å². The molecule has 2 aromatic rings. The highest BCUT2D eigenvalue weighted by atomic mass is 16.5. The zero-order valence-corrected chi connectivity index (χ0v) is 20.7. The number of hydrogen-bond acceptors (Lipinski definition) is 7. The first-order valence-corrected chi connectivity index (χ1v) is 12.0. The fraction of sp³-hybridized carbons (Fsp3) is 0.357. The molecule has 0 amide bonds. The molecule has 1 aliphatic carbocycles. The van der Waals surface area contributed by atoms with Gasteiger partial charge >= 0.3 is 5.97 Å². The van der Waals surface area contributed by atoms with E-state index in [0.29, 0.717) is 12.1 Å². The van der Waals surface area contributed by atoms with Crippen LogP contribution in [-0.2, 0) is 16.1 Å². The van der Waals surface area contributed by atoms with Crippen LogP contribution in [0.3, 0.4) is 0 Å². The number of hydrogen-bond donors (Lipinski definition) is 6. The lowest BCUT2D eigenvalue weighted by atomic mass is 9.82. The molecule has 0 heterocycles. The molecule has 8 heteroatoms. The van der Waals surface area contributed by atoms with Crippen LogP contribution in [0.1, 0.15) is 30.7 Å². The number of amidine groups is 1. The Balaban J connectivity index is 1.75. The number of esters is 1. The van der Waals surface area contributed by atoms with Gasteiger partial charge < -0.3 is 26.4 Å². The number of carbonyl (C=O) groups is 1. The Labute approximate surface area is 212 Å². The van der Waals surface area contributed by atoms with E-state index in [9.17, 15) is 15.0 Å². The molecule has 0 spiro atoms. The van der Waals surface area contributed by atoms with Crippen molar-refractivity contribution in [1.29, 1.82) is 5.41 Å². The van der Waals surface area contributed by atoms with Crippen molar-refractivity contribution < 1.29 is 19.7 Å². The van der Waals surface area contributed by atoms with Crippen LogP contribution in [0.15, 0.2) is 72.3 Å². The molecule has 192 valence electrons. The number of allylic oxidation sites excluding steroid dienone is 3. The van der Waals surface area contributed by atoms with Gasteiger partial charge in [0.2, 0.25) is 0 Å². The van der Waals surface area contributed by atoms with E-state index in [4.69, 9.17) is 21.6 Å². The Hall–Kier alpha value is -3.30. The van der Waals surface area contributed by atoms with Crippen molar-refractivity contribution in [2.45, 2.75) is 32.2 Å². The summed E-state index contributed by atoms with van der Waals surface area (Å²) in [5.41, 5.74) is 15.9. The van der Waals surface area contributed by atoms with Crippen molar-refractivity contribution in [2.75, 3.05) is 13.7 Å². The van der Waals surface area contributed by atoms with E-state index in [2.05, 4.69) is 5.32 Å². The highest BCUT2D eigenvalue weighted by Gasteiger charge is 2.32. The maximum Gasteiger partial charge on any atom is 0.310 e. The van der Waals surface area contributed by atoms with Gasteiger partial charge in [0.25, 0.3) is 0 Å². The van der Waals surface area contributed by atoms with Crippen LogP contribution in [0.4, 0.5) is 0 Å². The van der Waals surface area contributed by atoms with Crippen molar-refractivity contribution in [2.24, 2.45) is 29.2 Å². The smallest absolute Gasteiger partial charge is 0.310 e. The topological polar surface area (TPSA) is 155 Å². The molecule has 1 aliphatic rings. The van der Waals surface area contributed by atoms with Gasteiger partial charge in [0, 0.05) is 18.5 Å². The molecule has 0 radical (unpaired) electrons. The predicted octanol–water partition coefficient (Wildman–Crippen LogP) is 2.62. The minimum Gasteiger partial charge on any atom is -0.469 e. The molecule has 0 bridgehead atoms. The summed E-state index contributed by atoms with van der Waals surface area (Å²) >= 11 is 0. The molecule has 0 saturated carbocycles. The molecule has 8 nitrogen and oxygen atoms in total. The van der Waals surface area contributed by atoms with Gasteiger partial charge in [0.05, 0.1) is 25.5 Å². The summed E-state index contributed by atoms with van der Waals surface area (Å²) in [7, 11) is 1.30. The number of nitrogens with two attached hydrogens (primary N) is 2. The van der Waals surface area contributed by atoms with Gasteiger partial charge in [0.15, 0.2) is 0 Å². The Morgan fingerprint density at radius 3 is 2.53 bits per heavy atom. The molecule has 0 aliphatic heterocycles. The normalized spacial score (nSPS) is 19.8. The largest absolute Gasteiger partial charge is 0.469 e. The number of aliphatic hydroxyl groups excluding tert-OH is 2. The minimum absolute atomic E-state index is 0.0597. The van der Waals surface area contributed by atoms with Crippen LogP contribution in [0, 0.1) is 23.2 Å². The van der Waals surface area contributed by atoms with Gasteiger partial charge in [-0.25, -0.2) is 0 Å². The third-order valence-electron chi connectivity index (χ3n) is 6.67. The maximum atomic E-state index is 12.7. The Morgan fingerprint density at radius 1 is 1.19 bits per heavy atom. The summed E-state index contributed by atoms with van der Waals surface area (Å²) in [5.74, 6) is -1.37. The zero-order chi connectivity index (χ0) is 26.2. The summed E-state index contributed by atoms with van der Waals surface area (Å²) in [6.45, 7) is 2.05. The SMILES string of the molecule is COC(=O)C(CC1=CC(C(=N)N)C(C)C=C1)C(CO)NC(O)c1ccc(-c2cccc(CN)c2)cc1. The molecule has 5 unspecified atom stereocenters. The Bertz CT molecular complexity index is 1110.